The van der Waals surface area contributed by atoms with Gasteiger partial charge in [0.25, 0.3) is 0 Å². The van der Waals surface area contributed by atoms with E-state index in [0.29, 0.717) is 16.9 Å². The summed E-state index contributed by atoms with van der Waals surface area (Å²) in [6, 6.07) is 1.00. The van der Waals surface area contributed by atoms with Gasteiger partial charge in [-0.25, -0.2) is 4.98 Å². The fourth-order valence-corrected chi connectivity index (χ4v) is 1.52. The summed E-state index contributed by atoms with van der Waals surface area (Å²) in [4.78, 5) is 3.62. The van der Waals surface area contributed by atoms with Crippen molar-refractivity contribution in [1.29, 1.82) is 0 Å². The topological polar surface area (TPSA) is 38.9 Å². The molecule has 0 atom stereocenters. The third-order valence-corrected chi connectivity index (χ3v) is 2.55. The zero-order valence-corrected chi connectivity index (χ0v) is 12.2. The Bertz CT molecular complexity index is 396. The molecule has 0 spiro atoms. The van der Waals surface area contributed by atoms with Crippen LogP contribution in [-0.2, 0) is 6.18 Å². The van der Waals surface area contributed by atoms with E-state index in [1.54, 1.807) is 6.92 Å². The van der Waals surface area contributed by atoms with Gasteiger partial charge in [0.05, 0.1) is 11.4 Å². The fourth-order valence-electron chi connectivity index (χ4n) is 1.52. The maximum absolute atomic E-state index is 12.5. The van der Waals surface area contributed by atoms with E-state index in [2.05, 4.69) is 4.98 Å². The molecule has 0 unspecified atom stereocenters. The minimum absolute atomic E-state index is 0.131. The number of nitrogen functional groups attached to an aromatic ring is 1. The van der Waals surface area contributed by atoms with E-state index < -0.39 is 11.9 Å². The highest BCUT2D eigenvalue weighted by molar-refractivity contribution is 5.53. The smallest absolute Gasteiger partial charge is 0.397 e. The summed E-state index contributed by atoms with van der Waals surface area (Å²) >= 11 is 0. The molecule has 2 rings (SSSR count). The highest BCUT2D eigenvalue weighted by Gasteiger charge is 2.36. The monoisotopic (exact) mass is 276 g/mol. The van der Waals surface area contributed by atoms with E-state index in [9.17, 15) is 13.2 Å². The van der Waals surface area contributed by atoms with E-state index in [0.717, 1.165) is 18.9 Å². The molecule has 2 N–H and O–H groups in total. The van der Waals surface area contributed by atoms with Crippen LogP contribution in [0, 0.1) is 6.92 Å². The minimum atomic E-state index is -4.39. The number of hydrogen-bond donors (Lipinski definition) is 1. The predicted octanol–water partition coefficient (Wildman–Crippen LogP) is 4.92. The van der Waals surface area contributed by atoms with Crippen LogP contribution in [0.4, 0.5) is 18.9 Å². The van der Waals surface area contributed by atoms with Crippen molar-refractivity contribution in [2.24, 2.45) is 0 Å². The van der Waals surface area contributed by atoms with Gasteiger partial charge in [0.2, 0.25) is 0 Å². The number of pyridine rings is 1. The molecule has 110 valence electrons. The van der Waals surface area contributed by atoms with Crippen molar-refractivity contribution in [2.75, 3.05) is 5.73 Å². The molecule has 1 aromatic rings. The zero-order chi connectivity index (χ0) is 15.2. The zero-order valence-electron chi connectivity index (χ0n) is 12.2. The average molecular weight is 276 g/mol. The van der Waals surface area contributed by atoms with Crippen LogP contribution in [0.25, 0.3) is 0 Å². The van der Waals surface area contributed by atoms with Crippen molar-refractivity contribution in [3.63, 3.8) is 0 Å². The van der Waals surface area contributed by atoms with Gasteiger partial charge in [-0.3, -0.25) is 0 Å². The first kappa shape index (κ1) is 17.7. The lowest BCUT2D eigenvalue weighted by atomic mass is 10.1. The number of hydrogen-bond acceptors (Lipinski definition) is 2. The third-order valence-electron chi connectivity index (χ3n) is 2.55. The molecule has 1 aromatic heterocycles. The van der Waals surface area contributed by atoms with Crippen LogP contribution < -0.4 is 5.73 Å². The van der Waals surface area contributed by atoms with Crippen LogP contribution in [0.2, 0.25) is 0 Å². The molecule has 0 bridgehead atoms. The molecule has 2 nitrogen and oxygen atoms in total. The van der Waals surface area contributed by atoms with Gasteiger partial charge in [-0.1, -0.05) is 27.7 Å². The maximum Gasteiger partial charge on any atom is 0.433 e. The lowest BCUT2D eigenvalue weighted by Crippen LogP contribution is -2.12. The van der Waals surface area contributed by atoms with Crippen LogP contribution in [0.5, 0.6) is 0 Å². The molecule has 5 heteroatoms. The molecule has 1 saturated carbocycles. The van der Waals surface area contributed by atoms with E-state index in [4.69, 9.17) is 5.73 Å². The van der Waals surface area contributed by atoms with Crippen LogP contribution in [-0.4, -0.2) is 4.98 Å². The van der Waals surface area contributed by atoms with Gasteiger partial charge in [0.15, 0.2) is 0 Å². The number of nitrogens with two attached hydrogens (primary N) is 1. The number of halogens is 3. The molecule has 1 heterocycles. The fraction of sp³-hybridized carbons (Fsp3) is 0.643. The van der Waals surface area contributed by atoms with Gasteiger partial charge >= 0.3 is 6.18 Å². The molecule has 0 radical (unpaired) electrons. The quantitative estimate of drug-likeness (QED) is 0.790. The normalized spacial score (nSPS) is 13.9. The van der Waals surface area contributed by atoms with E-state index >= 15 is 0 Å². The Morgan fingerprint density at radius 1 is 1.16 bits per heavy atom. The average Bonchev–Trinajstić information content (AvgIpc) is 3.20. The molecule has 1 fully saturated rings. The molecule has 0 amide bonds. The van der Waals surface area contributed by atoms with Crippen molar-refractivity contribution in [1.82, 2.24) is 4.98 Å². The molecule has 0 aromatic carbocycles. The predicted molar refractivity (Wildman–Crippen MR) is 73.1 cm³/mol. The van der Waals surface area contributed by atoms with Crippen molar-refractivity contribution in [3.05, 3.63) is 23.0 Å². The maximum atomic E-state index is 12.5. The summed E-state index contributed by atoms with van der Waals surface area (Å²) in [6.07, 6.45) is -2.61. The second-order valence-corrected chi connectivity index (χ2v) is 3.90. The first-order valence-electron chi connectivity index (χ1n) is 6.74. The standard InChI is InChI=1S/C10H11F3N2.2C2H6/c1-5-4-7(10(11,12)13)15-9(8(5)14)6-2-3-6;2*1-2/h4,6H,2-3,14H2,1H3;2*1-2H3. The molecule has 0 saturated heterocycles. The van der Waals surface area contributed by atoms with Crippen LogP contribution in [0.15, 0.2) is 6.07 Å². The van der Waals surface area contributed by atoms with Crippen molar-refractivity contribution < 1.29 is 13.2 Å². The van der Waals surface area contributed by atoms with Gasteiger partial charge in [-0.15, -0.1) is 0 Å². The summed E-state index contributed by atoms with van der Waals surface area (Å²) < 4.78 is 37.4. The van der Waals surface area contributed by atoms with Gasteiger partial charge in [0, 0.05) is 5.92 Å². The Kier molecular flexibility index (Phi) is 6.87. The first-order valence-corrected chi connectivity index (χ1v) is 6.74. The minimum Gasteiger partial charge on any atom is -0.397 e. The molecule has 19 heavy (non-hydrogen) atoms. The van der Waals surface area contributed by atoms with Gasteiger partial charge in [-0.2, -0.15) is 13.2 Å². The first-order chi connectivity index (χ1) is 8.89. The molecule has 1 aliphatic rings. The Morgan fingerprint density at radius 3 is 2.00 bits per heavy atom. The Hall–Kier alpha value is -1.26. The summed E-state index contributed by atoms with van der Waals surface area (Å²) in [5.41, 5.74) is 6.15. The Labute approximate surface area is 113 Å². The van der Waals surface area contributed by atoms with E-state index in [1.165, 1.54) is 0 Å². The Morgan fingerprint density at radius 2 is 1.63 bits per heavy atom. The lowest BCUT2D eigenvalue weighted by Gasteiger charge is -2.12. The van der Waals surface area contributed by atoms with Crippen molar-refractivity contribution in [3.8, 4) is 0 Å². The highest BCUT2D eigenvalue weighted by atomic mass is 19.4. The second kappa shape index (κ2) is 7.36. The Balaban J connectivity index is 0.000000741. The van der Waals surface area contributed by atoms with Crippen molar-refractivity contribution >= 4 is 5.69 Å². The molecular weight excluding hydrogens is 253 g/mol. The number of alkyl halides is 3. The van der Waals surface area contributed by atoms with Gasteiger partial charge < -0.3 is 5.73 Å². The van der Waals surface area contributed by atoms with Gasteiger partial charge in [0.1, 0.15) is 5.69 Å². The van der Waals surface area contributed by atoms with E-state index in [1.807, 2.05) is 27.7 Å². The molecule has 0 aliphatic heterocycles. The van der Waals surface area contributed by atoms with Crippen LogP contribution in [0.3, 0.4) is 0 Å². The largest absolute Gasteiger partial charge is 0.433 e. The number of nitrogens with zero attached hydrogens (tertiary/aromatic N) is 1. The molecule has 1 aliphatic carbocycles. The number of aromatic nitrogens is 1. The number of anilines is 1. The lowest BCUT2D eigenvalue weighted by molar-refractivity contribution is -0.141. The summed E-state index contributed by atoms with van der Waals surface area (Å²) in [5, 5.41) is 0. The third kappa shape index (κ3) is 4.73. The van der Waals surface area contributed by atoms with E-state index in [-0.39, 0.29) is 5.92 Å². The number of rotatable bonds is 1. The van der Waals surface area contributed by atoms with Gasteiger partial charge in [-0.05, 0) is 31.4 Å². The summed E-state index contributed by atoms with van der Waals surface area (Å²) in [7, 11) is 0. The van der Waals surface area contributed by atoms with Crippen LogP contribution >= 0.6 is 0 Å². The van der Waals surface area contributed by atoms with Crippen molar-refractivity contribution in [2.45, 2.75) is 59.6 Å². The second-order valence-electron chi connectivity index (χ2n) is 3.90. The molecular formula is C14H23F3N2. The van der Waals surface area contributed by atoms with Crippen LogP contribution in [0.1, 0.15) is 63.4 Å². The highest BCUT2D eigenvalue weighted by Crippen LogP contribution is 2.43. The summed E-state index contributed by atoms with van der Waals surface area (Å²) in [5.74, 6) is 0.131. The SMILES string of the molecule is CC.CC.Cc1cc(C(F)(F)F)nc(C2CC2)c1N. The number of aryl methyl sites for hydroxylation is 1. The summed E-state index contributed by atoms with van der Waals surface area (Å²) in [6.45, 7) is 9.58.